The van der Waals surface area contributed by atoms with Crippen molar-refractivity contribution in [3.8, 4) is 0 Å². The molecule has 8 heteroatoms. The molecular formula is C21H17BrClFN2O3. The molecule has 150 valence electrons. The predicted octanol–water partition coefficient (Wildman–Crippen LogP) is 5.13. The zero-order valence-electron chi connectivity index (χ0n) is 15.3. The summed E-state index contributed by atoms with van der Waals surface area (Å²) in [5.41, 5.74) is 1.22. The summed E-state index contributed by atoms with van der Waals surface area (Å²) in [6, 6.07) is 11.0. The van der Waals surface area contributed by atoms with E-state index in [1.807, 2.05) is 12.1 Å². The second kappa shape index (κ2) is 8.65. The van der Waals surface area contributed by atoms with Crippen LogP contribution in [0.1, 0.15) is 23.2 Å². The quantitative estimate of drug-likeness (QED) is 0.564. The first kappa shape index (κ1) is 20.1. The van der Waals surface area contributed by atoms with Crippen molar-refractivity contribution in [1.82, 2.24) is 5.32 Å². The minimum Gasteiger partial charge on any atom is -0.438 e. The summed E-state index contributed by atoms with van der Waals surface area (Å²) >= 11 is 9.52. The van der Waals surface area contributed by atoms with Gasteiger partial charge in [0, 0.05) is 23.0 Å². The number of hydrogen-bond donors (Lipinski definition) is 1. The summed E-state index contributed by atoms with van der Waals surface area (Å²) in [6.45, 7) is 1.12. The Morgan fingerprint density at radius 2 is 2.14 bits per heavy atom. The molecule has 0 radical (unpaired) electrons. The van der Waals surface area contributed by atoms with Gasteiger partial charge in [0.1, 0.15) is 17.0 Å². The fraction of sp³-hybridized carbons (Fsp3) is 0.238. The SMILES string of the molecule is O=C(NC[C@@H]1CCCO1)c1cc2cc(Br)ccc2oc1=Nc1ccc(F)cc1Cl. The number of benzene rings is 2. The highest BCUT2D eigenvalue weighted by atomic mass is 79.9. The van der Waals surface area contributed by atoms with Crippen LogP contribution in [0.25, 0.3) is 11.0 Å². The highest BCUT2D eigenvalue weighted by Gasteiger charge is 2.19. The van der Waals surface area contributed by atoms with E-state index in [0.717, 1.165) is 28.8 Å². The van der Waals surface area contributed by atoms with Crippen LogP contribution in [0.2, 0.25) is 5.02 Å². The Morgan fingerprint density at radius 3 is 2.90 bits per heavy atom. The monoisotopic (exact) mass is 478 g/mol. The Bertz CT molecular complexity index is 1140. The lowest BCUT2D eigenvalue weighted by Gasteiger charge is -2.11. The first-order valence-corrected chi connectivity index (χ1v) is 10.3. The molecule has 1 fully saturated rings. The average molecular weight is 480 g/mol. The van der Waals surface area contributed by atoms with E-state index >= 15 is 0 Å². The van der Waals surface area contributed by atoms with Crippen molar-refractivity contribution >= 4 is 50.1 Å². The molecule has 1 amide bonds. The summed E-state index contributed by atoms with van der Waals surface area (Å²) < 4.78 is 25.7. The van der Waals surface area contributed by atoms with Crippen molar-refractivity contribution in [3.05, 3.63) is 68.9 Å². The Morgan fingerprint density at radius 1 is 1.28 bits per heavy atom. The largest absolute Gasteiger partial charge is 0.438 e. The fourth-order valence-corrected chi connectivity index (χ4v) is 3.72. The molecule has 0 unspecified atom stereocenters. The molecular weight excluding hydrogens is 463 g/mol. The van der Waals surface area contributed by atoms with Gasteiger partial charge in [-0.15, -0.1) is 0 Å². The first-order chi connectivity index (χ1) is 14.0. The van der Waals surface area contributed by atoms with Crippen LogP contribution < -0.4 is 10.9 Å². The van der Waals surface area contributed by atoms with Crippen LogP contribution in [0.15, 0.2) is 56.3 Å². The van der Waals surface area contributed by atoms with Crippen molar-refractivity contribution in [1.29, 1.82) is 0 Å². The predicted molar refractivity (Wildman–Crippen MR) is 112 cm³/mol. The lowest BCUT2D eigenvalue weighted by Crippen LogP contribution is -2.34. The minimum atomic E-state index is -0.469. The van der Waals surface area contributed by atoms with Gasteiger partial charge >= 0.3 is 0 Å². The van der Waals surface area contributed by atoms with Crippen LogP contribution in [0.5, 0.6) is 0 Å². The number of ether oxygens (including phenoxy) is 1. The van der Waals surface area contributed by atoms with E-state index in [-0.39, 0.29) is 28.2 Å². The third kappa shape index (κ3) is 4.69. The summed E-state index contributed by atoms with van der Waals surface area (Å²) in [6.07, 6.45) is 1.92. The average Bonchev–Trinajstić information content (AvgIpc) is 3.21. The number of amides is 1. The van der Waals surface area contributed by atoms with E-state index in [0.29, 0.717) is 24.4 Å². The highest BCUT2D eigenvalue weighted by molar-refractivity contribution is 9.10. The molecule has 1 aliphatic heterocycles. The zero-order chi connectivity index (χ0) is 20.4. The van der Waals surface area contributed by atoms with Crippen molar-refractivity contribution in [2.24, 2.45) is 4.99 Å². The van der Waals surface area contributed by atoms with Crippen LogP contribution in [-0.2, 0) is 4.74 Å². The molecule has 0 bridgehead atoms. The molecule has 5 nitrogen and oxygen atoms in total. The van der Waals surface area contributed by atoms with Gasteiger partial charge in [-0.3, -0.25) is 4.79 Å². The first-order valence-electron chi connectivity index (χ1n) is 9.12. The van der Waals surface area contributed by atoms with Gasteiger partial charge in [-0.1, -0.05) is 27.5 Å². The van der Waals surface area contributed by atoms with Gasteiger partial charge in [0.25, 0.3) is 5.91 Å². The van der Waals surface area contributed by atoms with E-state index in [9.17, 15) is 9.18 Å². The number of nitrogens with zero attached hydrogens (tertiary/aromatic N) is 1. The third-order valence-electron chi connectivity index (χ3n) is 4.60. The van der Waals surface area contributed by atoms with Gasteiger partial charge in [-0.25, -0.2) is 9.38 Å². The van der Waals surface area contributed by atoms with Gasteiger partial charge in [0.2, 0.25) is 5.55 Å². The molecule has 2 aromatic carbocycles. The van der Waals surface area contributed by atoms with Gasteiger partial charge in [-0.2, -0.15) is 0 Å². The number of carbonyl (C=O) groups is 1. The van der Waals surface area contributed by atoms with E-state index in [1.165, 1.54) is 12.1 Å². The van der Waals surface area contributed by atoms with Gasteiger partial charge in [-0.05, 0) is 55.3 Å². The van der Waals surface area contributed by atoms with Crippen LogP contribution in [-0.4, -0.2) is 25.2 Å². The van der Waals surface area contributed by atoms with Crippen LogP contribution in [0, 0.1) is 5.82 Å². The molecule has 29 heavy (non-hydrogen) atoms. The highest BCUT2D eigenvalue weighted by Crippen LogP contribution is 2.25. The molecule has 0 spiro atoms. The number of nitrogens with one attached hydrogen (secondary N) is 1. The molecule has 1 aliphatic rings. The van der Waals surface area contributed by atoms with Gasteiger partial charge in [0.15, 0.2) is 0 Å². The van der Waals surface area contributed by atoms with E-state index in [2.05, 4.69) is 26.2 Å². The fourth-order valence-electron chi connectivity index (χ4n) is 3.14. The number of hydrogen-bond acceptors (Lipinski definition) is 4. The van der Waals surface area contributed by atoms with E-state index in [1.54, 1.807) is 12.1 Å². The van der Waals surface area contributed by atoms with Crippen molar-refractivity contribution in [2.75, 3.05) is 13.2 Å². The Hall–Kier alpha value is -2.22. The normalized spacial score (nSPS) is 17.1. The zero-order valence-corrected chi connectivity index (χ0v) is 17.6. The third-order valence-corrected chi connectivity index (χ3v) is 5.40. The maximum atomic E-state index is 13.4. The lowest BCUT2D eigenvalue weighted by molar-refractivity contribution is 0.0854. The van der Waals surface area contributed by atoms with Crippen molar-refractivity contribution in [2.45, 2.75) is 18.9 Å². The van der Waals surface area contributed by atoms with Crippen molar-refractivity contribution in [3.63, 3.8) is 0 Å². The molecule has 1 saturated heterocycles. The summed E-state index contributed by atoms with van der Waals surface area (Å²) in [5.74, 6) is -0.799. The second-order valence-electron chi connectivity index (χ2n) is 6.70. The summed E-state index contributed by atoms with van der Waals surface area (Å²) in [7, 11) is 0. The molecule has 1 atom stereocenters. The number of halogens is 3. The minimum absolute atomic E-state index is 0.0115. The summed E-state index contributed by atoms with van der Waals surface area (Å²) in [5, 5.41) is 3.75. The lowest BCUT2D eigenvalue weighted by atomic mass is 10.1. The number of carbonyl (C=O) groups excluding carboxylic acids is 1. The molecule has 1 aromatic heterocycles. The molecule has 4 rings (SSSR count). The van der Waals surface area contributed by atoms with Crippen LogP contribution in [0.4, 0.5) is 10.1 Å². The Labute approximate surface area is 179 Å². The van der Waals surface area contributed by atoms with Crippen LogP contribution in [0.3, 0.4) is 0 Å². The molecule has 2 heterocycles. The molecule has 1 N–H and O–H groups in total. The van der Waals surface area contributed by atoms with Crippen molar-refractivity contribution < 1.29 is 18.3 Å². The number of rotatable bonds is 4. The van der Waals surface area contributed by atoms with Gasteiger partial charge < -0.3 is 14.5 Å². The maximum absolute atomic E-state index is 13.4. The van der Waals surface area contributed by atoms with E-state index in [4.69, 9.17) is 20.8 Å². The summed E-state index contributed by atoms with van der Waals surface area (Å²) in [4.78, 5) is 17.3. The Kier molecular flexibility index (Phi) is 5.99. The topological polar surface area (TPSA) is 63.8 Å². The van der Waals surface area contributed by atoms with Crippen LogP contribution >= 0.6 is 27.5 Å². The maximum Gasteiger partial charge on any atom is 0.256 e. The van der Waals surface area contributed by atoms with E-state index < -0.39 is 5.82 Å². The Balaban J connectivity index is 1.78. The second-order valence-corrected chi connectivity index (χ2v) is 8.02. The molecule has 0 aliphatic carbocycles. The number of fused-ring (bicyclic) bond motifs is 1. The molecule has 3 aromatic rings. The van der Waals surface area contributed by atoms with Gasteiger partial charge in [0.05, 0.1) is 16.8 Å². The molecule has 0 saturated carbocycles. The standard InChI is InChI=1S/C21H17BrClFN2O3/c22-13-3-6-19-12(8-13)9-16(20(27)25-11-15-2-1-7-28-15)21(29-19)26-18-5-4-14(24)10-17(18)23/h3-6,8-10,15H,1-2,7,11H2,(H,25,27)/t15-/m0/s1. The smallest absolute Gasteiger partial charge is 0.256 e.